The lowest BCUT2D eigenvalue weighted by Gasteiger charge is -2.20. The molecule has 2 N–H and O–H groups in total. The number of rotatable bonds is 7. The maximum atomic E-state index is 13.0. The highest BCUT2D eigenvalue weighted by Crippen LogP contribution is 2.35. The van der Waals surface area contributed by atoms with E-state index in [4.69, 9.17) is 9.47 Å². The topological polar surface area (TPSA) is 111 Å². The number of carbonyl (C=O) groups is 4. The molecule has 1 fully saturated rings. The summed E-state index contributed by atoms with van der Waals surface area (Å²) < 4.78 is 22.7. The van der Waals surface area contributed by atoms with Crippen molar-refractivity contribution in [1.82, 2.24) is 10.6 Å². The Balaban J connectivity index is 2.56. The highest BCUT2D eigenvalue weighted by atomic mass is 19.1. The van der Waals surface area contributed by atoms with Crippen LogP contribution < -0.4 is 10.6 Å². The van der Waals surface area contributed by atoms with Crippen LogP contribution in [0.2, 0.25) is 0 Å². The standard InChI is InChI=1S/C15H23FN2O6/c1-5-23-13(21)11(12(20)8-6-9(8)16)18-10(19)7-17-14(22)24-15(2,3)4/h8-9,11H,5-7H2,1-4H3,(H,17,22)(H,18,19)/t8-,9-,11?/m1/s1. The molecule has 1 aliphatic rings. The van der Waals surface area contributed by atoms with Gasteiger partial charge in [-0.25, -0.2) is 14.0 Å². The van der Waals surface area contributed by atoms with E-state index in [0.29, 0.717) is 0 Å². The lowest BCUT2D eigenvalue weighted by Crippen LogP contribution is -2.51. The zero-order valence-electron chi connectivity index (χ0n) is 14.2. The Morgan fingerprint density at radius 1 is 1.25 bits per heavy atom. The first-order valence-corrected chi connectivity index (χ1v) is 7.65. The monoisotopic (exact) mass is 346 g/mol. The Hall–Kier alpha value is -2.19. The molecule has 1 rings (SSSR count). The molecular weight excluding hydrogens is 323 g/mol. The largest absolute Gasteiger partial charge is 0.464 e. The van der Waals surface area contributed by atoms with Gasteiger partial charge in [0.05, 0.1) is 12.5 Å². The molecule has 0 saturated heterocycles. The average Bonchev–Trinajstić information content (AvgIpc) is 3.17. The fourth-order valence-corrected chi connectivity index (χ4v) is 1.82. The van der Waals surface area contributed by atoms with E-state index in [1.54, 1.807) is 27.7 Å². The molecule has 1 aliphatic carbocycles. The maximum Gasteiger partial charge on any atom is 0.408 e. The summed E-state index contributed by atoms with van der Waals surface area (Å²) in [7, 11) is 0. The number of nitrogens with one attached hydrogen (secondary N) is 2. The molecular formula is C15H23FN2O6. The Kier molecular flexibility index (Phi) is 6.68. The van der Waals surface area contributed by atoms with Crippen LogP contribution in [0.3, 0.4) is 0 Å². The van der Waals surface area contributed by atoms with Crippen molar-refractivity contribution in [2.45, 2.75) is 51.9 Å². The van der Waals surface area contributed by atoms with Crippen molar-refractivity contribution in [1.29, 1.82) is 0 Å². The van der Waals surface area contributed by atoms with Gasteiger partial charge in [-0.2, -0.15) is 0 Å². The van der Waals surface area contributed by atoms with Gasteiger partial charge in [0.2, 0.25) is 5.91 Å². The van der Waals surface area contributed by atoms with Gasteiger partial charge in [-0.15, -0.1) is 0 Å². The molecule has 136 valence electrons. The van der Waals surface area contributed by atoms with E-state index in [0.717, 1.165) is 0 Å². The zero-order chi connectivity index (χ0) is 18.5. The van der Waals surface area contributed by atoms with Gasteiger partial charge in [-0.05, 0) is 34.1 Å². The van der Waals surface area contributed by atoms with Gasteiger partial charge in [0.25, 0.3) is 0 Å². The average molecular weight is 346 g/mol. The van der Waals surface area contributed by atoms with Crippen LogP contribution in [-0.2, 0) is 23.9 Å². The highest BCUT2D eigenvalue weighted by molar-refractivity contribution is 6.08. The third kappa shape index (κ3) is 6.51. The van der Waals surface area contributed by atoms with Crippen molar-refractivity contribution in [3.63, 3.8) is 0 Å². The van der Waals surface area contributed by atoms with E-state index < -0.39 is 54.0 Å². The number of alkyl carbamates (subject to hydrolysis) is 1. The molecule has 0 heterocycles. The number of hydrogen-bond donors (Lipinski definition) is 2. The summed E-state index contributed by atoms with van der Waals surface area (Å²) in [5.41, 5.74) is -0.730. The van der Waals surface area contributed by atoms with E-state index in [1.165, 1.54) is 0 Å². The minimum atomic E-state index is -1.58. The predicted octanol–water partition coefficient (Wildman–Crippen LogP) is 0.486. The first-order chi connectivity index (χ1) is 11.0. The number of Topliss-reactive ketones (excluding diaryl/α,β-unsaturated/α-hetero) is 1. The molecule has 24 heavy (non-hydrogen) atoms. The summed E-state index contributed by atoms with van der Waals surface area (Å²) in [6, 6.07) is -1.58. The number of ether oxygens (including phenoxy) is 2. The van der Waals surface area contributed by atoms with Crippen LogP contribution in [-0.4, -0.2) is 54.7 Å². The second kappa shape index (κ2) is 8.07. The summed E-state index contributed by atoms with van der Waals surface area (Å²) in [6.45, 7) is 6.03. The molecule has 3 atom stereocenters. The minimum Gasteiger partial charge on any atom is -0.464 e. The second-order valence-corrected chi connectivity index (χ2v) is 6.37. The lowest BCUT2D eigenvalue weighted by atomic mass is 10.1. The van der Waals surface area contributed by atoms with Crippen LogP contribution in [0.4, 0.5) is 9.18 Å². The quantitative estimate of drug-likeness (QED) is 0.513. The summed E-state index contributed by atoms with van der Waals surface area (Å²) >= 11 is 0. The van der Waals surface area contributed by atoms with Crippen molar-refractivity contribution in [3.8, 4) is 0 Å². The molecule has 1 saturated carbocycles. The fraction of sp³-hybridized carbons (Fsp3) is 0.733. The van der Waals surface area contributed by atoms with Crippen molar-refractivity contribution in [2.75, 3.05) is 13.2 Å². The number of ketones is 1. The number of amides is 2. The minimum absolute atomic E-state index is 0.0123. The molecule has 0 aromatic heterocycles. The number of halogens is 1. The summed E-state index contributed by atoms with van der Waals surface area (Å²) in [4.78, 5) is 47.1. The van der Waals surface area contributed by atoms with Crippen LogP contribution in [0.1, 0.15) is 34.1 Å². The van der Waals surface area contributed by atoms with E-state index in [1.807, 2.05) is 0 Å². The highest BCUT2D eigenvalue weighted by Gasteiger charge is 2.48. The summed E-state index contributed by atoms with van der Waals surface area (Å²) in [5.74, 6) is -3.37. The van der Waals surface area contributed by atoms with Gasteiger partial charge in [0.15, 0.2) is 11.8 Å². The predicted molar refractivity (Wildman–Crippen MR) is 80.8 cm³/mol. The van der Waals surface area contributed by atoms with Crippen LogP contribution >= 0.6 is 0 Å². The molecule has 0 aromatic carbocycles. The van der Waals surface area contributed by atoms with Gasteiger partial charge in [0.1, 0.15) is 18.3 Å². The van der Waals surface area contributed by atoms with Gasteiger partial charge in [-0.3, -0.25) is 9.59 Å². The number of hydrogen-bond acceptors (Lipinski definition) is 6. The Morgan fingerprint density at radius 2 is 1.83 bits per heavy atom. The summed E-state index contributed by atoms with van der Waals surface area (Å²) in [6.07, 6.45) is -2.09. The molecule has 9 heteroatoms. The maximum absolute atomic E-state index is 13.0. The van der Waals surface area contributed by atoms with Crippen molar-refractivity contribution in [3.05, 3.63) is 0 Å². The van der Waals surface area contributed by atoms with Crippen LogP contribution in [0.5, 0.6) is 0 Å². The first-order valence-electron chi connectivity index (χ1n) is 7.65. The molecule has 0 bridgehead atoms. The molecule has 0 radical (unpaired) electrons. The zero-order valence-corrected chi connectivity index (χ0v) is 14.2. The smallest absolute Gasteiger partial charge is 0.408 e. The van der Waals surface area contributed by atoms with Crippen molar-refractivity contribution < 1.29 is 33.0 Å². The summed E-state index contributed by atoms with van der Waals surface area (Å²) in [5, 5.41) is 4.36. The molecule has 0 aromatic rings. The first kappa shape index (κ1) is 19.9. The fourth-order valence-electron chi connectivity index (χ4n) is 1.82. The Bertz CT molecular complexity index is 517. The molecule has 2 amide bonds. The second-order valence-electron chi connectivity index (χ2n) is 6.37. The molecule has 8 nitrogen and oxygen atoms in total. The molecule has 0 aliphatic heterocycles. The van der Waals surface area contributed by atoms with Crippen LogP contribution in [0.25, 0.3) is 0 Å². The van der Waals surface area contributed by atoms with Gasteiger partial charge >= 0.3 is 12.1 Å². The molecule has 1 unspecified atom stereocenters. The van der Waals surface area contributed by atoms with Gasteiger partial charge < -0.3 is 20.1 Å². The van der Waals surface area contributed by atoms with Crippen molar-refractivity contribution in [2.24, 2.45) is 5.92 Å². The lowest BCUT2D eigenvalue weighted by molar-refractivity contribution is -0.150. The van der Waals surface area contributed by atoms with Gasteiger partial charge in [0, 0.05) is 0 Å². The van der Waals surface area contributed by atoms with E-state index in [-0.39, 0.29) is 13.0 Å². The molecule has 0 spiro atoms. The SMILES string of the molecule is CCOC(=O)C(NC(=O)CNC(=O)OC(C)(C)C)C(=O)[C@@H]1C[C@H]1F. The third-order valence-electron chi connectivity index (χ3n) is 2.98. The van der Waals surface area contributed by atoms with Gasteiger partial charge in [-0.1, -0.05) is 0 Å². The van der Waals surface area contributed by atoms with Crippen molar-refractivity contribution >= 4 is 23.8 Å². The Morgan fingerprint density at radius 3 is 2.29 bits per heavy atom. The Labute approximate surface area is 139 Å². The third-order valence-corrected chi connectivity index (χ3v) is 2.98. The van der Waals surface area contributed by atoms with E-state index in [9.17, 15) is 23.6 Å². The van der Waals surface area contributed by atoms with Crippen LogP contribution in [0.15, 0.2) is 0 Å². The normalized spacial score (nSPS) is 20.5. The van der Waals surface area contributed by atoms with E-state index >= 15 is 0 Å². The van der Waals surface area contributed by atoms with Crippen LogP contribution in [0, 0.1) is 5.92 Å². The number of carbonyl (C=O) groups excluding carboxylic acids is 4. The number of alkyl halides is 1. The number of esters is 1. The van der Waals surface area contributed by atoms with E-state index in [2.05, 4.69) is 10.6 Å².